The lowest BCUT2D eigenvalue weighted by molar-refractivity contribution is 0.186. The van der Waals surface area contributed by atoms with Crippen LogP contribution in [0.5, 0.6) is 5.75 Å². The van der Waals surface area contributed by atoms with E-state index >= 15 is 0 Å². The van der Waals surface area contributed by atoms with E-state index in [9.17, 15) is 0 Å². The molecule has 1 aliphatic heterocycles. The minimum atomic E-state index is 0.480. The van der Waals surface area contributed by atoms with E-state index in [2.05, 4.69) is 26.4 Å². The summed E-state index contributed by atoms with van der Waals surface area (Å²) in [6.07, 6.45) is 2.18. The van der Waals surface area contributed by atoms with Gasteiger partial charge >= 0.3 is 0 Å². The zero-order valence-corrected chi connectivity index (χ0v) is 14.5. The lowest BCUT2D eigenvalue weighted by atomic mass is 10.0. The van der Waals surface area contributed by atoms with Gasteiger partial charge in [0.15, 0.2) is 0 Å². The lowest BCUT2D eigenvalue weighted by Gasteiger charge is -2.32. The number of hydrogen-bond donors (Lipinski definition) is 1. The zero-order chi connectivity index (χ0) is 16.9. The van der Waals surface area contributed by atoms with Crippen LogP contribution in [0, 0.1) is 0 Å². The molecule has 7 nitrogen and oxygen atoms in total. The maximum absolute atomic E-state index is 5.30. The molecule has 0 atom stereocenters. The molecule has 0 unspecified atom stereocenters. The highest BCUT2D eigenvalue weighted by molar-refractivity contribution is 5.48. The van der Waals surface area contributed by atoms with Crippen molar-refractivity contribution in [2.45, 2.75) is 25.4 Å². The van der Waals surface area contributed by atoms with Crippen LogP contribution >= 0.6 is 0 Å². The monoisotopic (exact) mass is 331 g/mol. The number of hydrogen-bond acceptors (Lipinski definition) is 7. The van der Waals surface area contributed by atoms with Crippen LogP contribution in [0.1, 0.15) is 18.7 Å². The standard InChI is InChI=1S/C17H25N5O2/c1-21(2)17-19-16(24-20-17)12-22-9-7-13(8-10-22)18-14-5-4-6-15(11-14)23-3/h4-6,11,13,18H,7-10,12H2,1-3H3. The van der Waals surface area contributed by atoms with Gasteiger partial charge in [0.25, 0.3) is 5.95 Å². The maximum atomic E-state index is 5.30. The Morgan fingerprint density at radius 1 is 1.33 bits per heavy atom. The third-order valence-corrected chi connectivity index (χ3v) is 4.24. The van der Waals surface area contributed by atoms with Crippen LogP contribution in [0.4, 0.5) is 11.6 Å². The Morgan fingerprint density at radius 3 is 2.79 bits per heavy atom. The summed E-state index contributed by atoms with van der Waals surface area (Å²) < 4.78 is 10.6. The van der Waals surface area contributed by atoms with E-state index in [1.807, 2.05) is 37.2 Å². The van der Waals surface area contributed by atoms with Gasteiger partial charge in [0, 0.05) is 45.0 Å². The Bertz CT molecular complexity index is 650. The summed E-state index contributed by atoms with van der Waals surface area (Å²) >= 11 is 0. The first-order valence-corrected chi connectivity index (χ1v) is 8.27. The van der Waals surface area contributed by atoms with E-state index in [0.717, 1.165) is 37.4 Å². The van der Waals surface area contributed by atoms with E-state index in [1.54, 1.807) is 7.11 Å². The molecule has 130 valence electrons. The predicted octanol–water partition coefficient (Wildman–Crippen LogP) is 2.22. The SMILES string of the molecule is COc1cccc(NC2CCN(Cc3nc(N(C)C)no3)CC2)c1. The number of nitrogens with one attached hydrogen (secondary N) is 1. The largest absolute Gasteiger partial charge is 0.497 e. The molecule has 1 aromatic carbocycles. The van der Waals surface area contributed by atoms with Crippen molar-refractivity contribution < 1.29 is 9.26 Å². The predicted molar refractivity (Wildman–Crippen MR) is 93.5 cm³/mol. The zero-order valence-electron chi connectivity index (χ0n) is 14.5. The first-order chi connectivity index (χ1) is 11.6. The Labute approximate surface area is 142 Å². The molecule has 1 aliphatic rings. The van der Waals surface area contributed by atoms with Crippen molar-refractivity contribution in [2.24, 2.45) is 0 Å². The second kappa shape index (κ2) is 7.53. The molecule has 1 saturated heterocycles. The minimum absolute atomic E-state index is 0.480. The number of rotatable bonds is 6. The van der Waals surface area contributed by atoms with E-state index < -0.39 is 0 Å². The topological polar surface area (TPSA) is 66.7 Å². The molecule has 7 heteroatoms. The number of likely N-dealkylation sites (tertiary alicyclic amines) is 1. The molecule has 0 amide bonds. The Kier molecular flexibility index (Phi) is 5.20. The highest BCUT2D eigenvalue weighted by Crippen LogP contribution is 2.21. The normalized spacial score (nSPS) is 16.1. The summed E-state index contributed by atoms with van der Waals surface area (Å²) in [5.74, 6) is 2.18. The summed E-state index contributed by atoms with van der Waals surface area (Å²) in [4.78, 5) is 8.59. The van der Waals surface area contributed by atoms with Crippen LogP contribution in [0.2, 0.25) is 0 Å². The average Bonchev–Trinajstić information content (AvgIpc) is 3.06. The third kappa shape index (κ3) is 4.17. The highest BCUT2D eigenvalue weighted by Gasteiger charge is 2.21. The van der Waals surface area contributed by atoms with Crippen molar-refractivity contribution in [2.75, 3.05) is 44.5 Å². The maximum Gasteiger partial charge on any atom is 0.265 e. The van der Waals surface area contributed by atoms with Crippen molar-refractivity contribution in [3.8, 4) is 5.75 Å². The molecular weight excluding hydrogens is 306 g/mol. The number of nitrogens with zero attached hydrogens (tertiary/aromatic N) is 4. The molecule has 3 rings (SSSR count). The summed E-state index contributed by atoms with van der Waals surface area (Å²) in [6.45, 7) is 2.75. The van der Waals surface area contributed by atoms with Crippen LogP contribution in [0.3, 0.4) is 0 Å². The highest BCUT2D eigenvalue weighted by atomic mass is 16.5. The fourth-order valence-corrected chi connectivity index (χ4v) is 2.87. The van der Waals surface area contributed by atoms with Crippen LogP contribution in [-0.4, -0.2) is 55.4 Å². The third-order valence-electron chi connectivity index (χ3n) is 4.24. The molecule has 0 saturated carbocycles. The molecule has 0 spiro atoms. The van der Waals surface area contributed by atoms with Gasteiger partial charge in [-0.15, -0.1) is 0 Å². The molecular formula is C17H25N5O2. The molecule has 1 N–H and O–H groups in total. The molecule has 1 aromatic heterocycles. The van der Waals surface area contributed by atoms with Gasteiger partial charge in [0.2, 0.25) is 5.89 Å². The van der Waals surface area contributed by atoms with Gasteiger partial charge in [-0.3, -0.25) is 4.90 Å². The smallest absolute Gasteiger partial charge is 0.265 e. The van der Waals surface area contributed by atoms with Gasteiger partial charge in [-0.2, -0.15) is 4.98 Å². The molecule has 0 aliphatic carbocycles. The Hall–Kier alpha value is -2.28. The van der Waals surface area contributed by atoms with Crippen molar-refractivity contribution >= 4 is 11.6 Å². The number of aromatic nitrogens is 2. The van der Waals surface area contributed by atoms with Crippen LogP contribution in [-0.2, 0) is 6.54 Å². The molecule has 2 aromatic rings. The van der Waals surface area contributed by atoms with Gasteiger partial charge in [0.05, 0.1) is 13.7 Å². The first-order valence-electron chi connectivity index (χ1n) is 8.27. The first kappa shape index (κ1) is 16.6. The number of piperidine rings is 1. The number of anilines is 2. The molecule has 0 bridgehead atoms. The van der Waals surface area contributed by atoms with E-state index in [0.29, 0.717) is 24.4 Å². The fourth-order valence-electron chi connectivity index (χ4n) is 2.87. The summed E-state index contributed by atoms with van der Waals surface area (Å²) in [5.41, 5.74) is 1.11. The summed E-state index contributed by atoms with van der Waals surface area (Å²) in [6, 6.07) is 8.56. The van der Waals surface area contributed by atoms with Crippen LogP contribution in [0.25, 0.3) is 0 Å². The van der Waals surface area contributed by atoms with Gasteiger partial charge in [-0.25, -0.2) is 0 Å². The van der Waals surface area contributed by atoms with Crippen molar-refractivity contribution in [1.82, 2.24) is 15.0 Å². The van der Waals surface area contributed by atoms with Gasteiger partial charge in [-0.1, -0.05) is 6.07 Å². The lowest BCUT2D eigenvalue weighted by Crippen LogP contribution is -2.38. The minimum Gasteiger partial charge on any atom is -0.497 e. The van der Waals surface area contributed by atoms with Gasteiger partial charge < -0.3 is 19.5 Å². The van der Waals surface area contributed by atoms with E-state index in [4.69, 9.17) is 9.26 Å². The van der Waals surface area contributed by atoms with Crippen LogP contribution in [0.15, 0.2) is 28.8 Å². The van der Waals surface area contributed by atoms with E-state index in [-0.39, 0.29) is 0 Å². The second-order valence-corrected chi connectivity index (χ2v) is 6.31. The number of methoxy groups -OCH3 is 1. The van der Waals surface area contributed by atoms with Crippen molar-refractivity contribution in [3.05, 3.63) is 30.2 Å². The van der Waals surface area contributed by atoms with E-state index in [1.165, 1.54) is 0 Å². The quantitative estimate of drug-likeness (QED) is 0.870. The Balaban J connectivity index is 1.48. The summed E-state index contributed by atoms with van der Waals surface area (Å²) in [7, 11) is 5.51. The summed E-state index contributed by atoms with van der Waals surface area (Å²) in [5, 5.41) is 7.55. The Morgan fingerprint density at radius 2 is 2.12 bits per heavy atom. The second-order valence-electron chi connectivity index (χ2n) is 6.31. The number of ether oxygens (including phenoxy) is 1. The number of benzene rings is 1. The average molecular weight is 331 g/mol. The van der Waals surface area contributed by atoms with Gasteiger partial charge in [0.1, 0.15) is 5.75 Å². The molecule has 0 radical (unpaired) electrons. The van der Waals surface area contributed by atoms with Crippen LogP contribution < -0.4 is 15.0 Å². The molecule has 1 fully saturated rings. The van der Waals surface area contributed by atoms with Crippen molar-refractivity contribution in [3.63, 3.8) is 0 Å². The van der Waals surface area contributed by atoms with Crippen molar-refractivity contribution in [1.29, 1.82) is 0 Å². The molecule has 24 heavy (non-hydrogen) atoms. The molecule has 2 heterocycles. The van der Waals surface area contributed by atoms with Gasteiger partial charge in [-0.05, 0) is 30.1 Å². The fraction of sp³-hybridized carbons (Fsp3) is 0.529.